The third-order valence-corrected chi connectivity index (χ3v) is 5.27. The number of anilines is 1. The molecule has 0 saturated carbocycles. The lowest BCUT2D eigenvalue weighted by Gasteiger charge is -2.16. The van der Waals surface area contributed by atoms with Crippen molar-refractivity contribution in [1.29, 1.82) is 0 Å². The summed E-state index contributed by atoms with van der Waals surface area (Å²) in [6.07, 6.45) is 0. The zero-order valence-electron chi connectivity index (χ0n) is 17.0. The summed E-state index contributed by atoms with van der Waals surface area (Å²) >= 11 is 4.83. The van der Waals surface area contributed by atoms with Crippen LogP contribution in [0.1, 0.15) is 31.1 Å². The second-order valence-corrected chi connectivity index (χ2v) is 7.88. The maximum atomic E-state index is 12.9. The monoisotopic (exact) mass is 490 g/mol. The number of hydrogen-bond acceptors (Lipinski definition) is 6. The number of ether oxygens (including phenoxy) is 3. The van der Waals surface area contributed by atoms with E-state index < -0.39 is 0 Å². The maximum absolute atomic E-state index is 12.9. The van der Waals surface area contributed by atoms with Crippen LogP contribution in [0.4, 0.5) is 5.13 Å². The first-order chi connectivity index (χ1) is 14.5. The van der Waals surface area contributed by atoms with Crippen LogP contribution in [0.3, 0.4) is 0 Å². The second-order valence-electron chi connectivity index (χ2n) is 6.10. The highest BCUT2D eigenvalue weighted by Gasteiger charge is 2.19. The molecule has 3 rings (SSSR count). The van der Waals surface area contributed by atoms with E-state index in [1.54, 1.807) is 12.1 Å². The largest absolute Gasteiger partial charge is 0.490 e. The van der Waals surface area contributed by atoms with Gasteiger partial charge < -0.3 is 14.2 Å². The van der Waals surface area contributed by atoms with Crippen LogP contribution in [0.2, 0.25) is 0 Å². The predicted molar refractivity (Wildman–Crippen MR) is 123 cm³/mol. The van der Waals surface area contributed by atoms with Gasteiger partial charge in [-0.25, -0.2) is 4.98 Å². The minimum Gasteiger partial charge on any atom is -0.490 e. The molecule has 8 heteroatoms. The molecule has 0 saturated heterocycles. The van der Waals surface area contributed by atoms with Crippen LogP contribution in [0, 0.1) is 0 Å². The van der Waals surface area contributed by atoms with Crippen molar-refractivity contribution < 1.29 is 19.0 Å². The van der Waals surface area contributed by atoms with Gasteiger partial charge in [-0.05, 0) is 45.0 Å². The van der Waals surface area contributed by atoms with Crippen LogP contribution in [0.15, 0.2) is 46.3 Å². The van der Waals surface area contributed by atoms with Crippen LogP contribution in [0.25, 0.3) is 11.3 Å². The Hall–Kier alpha value is -2.58. The fraction of sp³-hybridized carbons (Fsp3) is 0.273. The highest BCUT2D eigenvalue weighted by molar-refractivity contribution is 9.10. The summed E-state index contributed by atoms with van der Waals surface area (Å²) in [5.74, 6) is 1.16. The number of aromatic nitrogens is 1. The average molecular weight is 491 g/mol. The lowest BCUT2D eigenvalue weighted by Crippen LogP contribution is -2.13. The summed E-state index contributed by atoms with van der Waals surface area (Å²) in [5, 5.41) is 5.28. The molecule has 0 fully saturated rings. The number of carbonyl (C=O) groups is 1. The Morgan fingerprint density at radius 3 is 2.30 bits per heavy atom. The van der Waals surface area contributed by atoms with Crippen molar-refractivity contribution in [2.24, 2.45) is 0 Å². The van der Waals surface area contributed by atoms with E-state index in [-0.39, 0.29) is 5.91 Å². The van der Waals surface area contributed by atoms with Crippen molar-refractivity contribution in [2.75, 3.05) is 25.1 Å². The Morgan fingerprint density at radius 1 is 1.03 bits per heavy atom. The van der Waals surface area contributed by atoms with E-state index in [2.05, 4.69) is 26.2 Å². The maximum Gasteiger partial charge on any atom is 0.257 e. The van der Waals surface area contributed by atoms with E-state index in [1.165, 1.54) is 11.3 Å². The molecule has 1 N–H and O–H groups in total. The van der Waals surface area contributed by atoms with Gasteiger partial charge in [-0.1, -0.05) is 28.1 Å². The molecule has 30 heavy (non-hydrogen) atoms. The number of benzene rings is 2. The molecular weight excluding hydrogens is 468 g/mol. The quantitative estimate of drug-likeness (QED) is 0.396. The Kier molecular flexibility index (Phi) is 7.70. The first kappa shape index (κ1) is 22.1. The fourth-order valence-electron chi connectivity index (χ4n) is 2.80. The Balaban J connectivity index is 1.86. The molecule has 0 aliphatic carbocycles. The van der Waals surface area contributed by atoms with Crippen molar-refractivity contribution in [1.82, 2.24) is 4.98 Å². The normalized spacial score (nSPS) is 10.5. The fourth-order valence-corrected chi connectivity index (χ4v) is 3.91. The number of thiazole rings is 1. The highest BCUT2D eigenvalue weighted by Crippen LogP contribution is 2.39. The van der Waals surface area contributed by atoms with Crippen molar-refractivity contribution in [2.45, 2.75) is 20.8 Å². The summed E-state index contributed by atoms with van der Waals surface area (Å²) in [4.78, 5) is 17.4. The average Bonchev–Trinajstić information content (AvgIpc) is 3.19. The van der Waals surface area contributed by atoms with Crippen molar-refractivity contribution in [3.05, 3.63) is 51.8 Å². The van der Waals surface area contributed by atoms with Gasteiger partial charge in [0.1, 0.15) is 0 Å². The smallest absolute Gasteiger partial charge is 0.257 e. The summed E-state index contributed by atoms with van der Waals surface area (Å²) in [7, 11) is 0. The van der Waals surface area contributed by atoms with Crippen molar-refractivity contribution >= 4 is 38.3 Å². The van der Waals surface area contributed by atoms with E-state index >= 15 is 0 Å². The minimum atomic E-state index is -0.296. The molecule has 158 valence electrons. The number of amides is 1. The van der Waals surface area contributed by atoms with E-state index in [0.29, 0.717) is 47.8 Å². The Labute approximate surface area is 188 Å². The number of nitrogens with one attached hydrogen (secondary N) is 1. The second kappa shape index (κ2) is 10.4. The van der Waals surface area contributed by atoms with E-state index in [4.69, 9.17) is 14.2 Å². The number of carbonyl (C=O) groups excluding carboxylic acids is 1. The first-order valence-electron chi connectivity index (χ1n) is 9.64. The number of rotatable bonds is 9. The molecule has 6 nitrogen and oxygen atoms in total. The molecule has 1 aromatic heterocycles. The standard InChI is InChI=1S/C22H23BrN2O4S/c1-4-27-18-11-15(12-19(28-5-2)20(18)29-6-3)21(26)25-22-24-17(13-30-22)14-8-7-9-16(23)10-14/h7-13H,4-6H2,1-3H3,(H,24,25,26). The third kappa shape index (κ3) is 5.31. The molecule has 3 aromatic rings. The SMILES string of the molecule is CCOc1cc(C(=O)Nc2nc(-c3cccc(Br)c3)cs2)cc(OCC)c1OCC. The van der Waals surface area contributed by atoms with Crippen LogP contribution in [0.5, 0.6) is 17.2 Å². The zero-order chi connectivity index (χ0) is 21.5. The molecule has 0 aliphatic rings. The van der Waals surface area contributed by atoms with Gasteiger partial charge in [0, 0.05) is 21.0 Å². The summed E-state index contributed by atoms with van der Waals surface area (Å²) in [6, 6.07) is 11.2. The van der Waals surface area contributed by atoms with Crippen LogP contribution in [-0.2, 0) is 0 Å². The van der Waals surface area contributed by atoms with Gasteiger partial charge in [0.2, 0.25) is 5.75 Å². The first-order valence-corrected chi connectivity index (χ1v) is 11.3. The third-order valence-electron chi connectivity index (χ3n) is 4.02. The predicted octanol–water partition coefficient (Wildman–Crippen LogP) is 6.02. The number of halogens is 1. The van der Waals surface area contributed by atoms with Gasteiger partial charge in [0.25, 0.3) is 5.91 Å². The highest BCUT2D eigenvalue weighted by atomic mass is 79.9. The van der Waals surface area contributed by atoms with Crippen LogP contribution < -0.4 is 19.5 Å². The van der Waals surface area contributed by atoms with E-state index in [1.807, 2.05) is 50.4 Å². The molecule has 2 aromatic carbocycles. The summed E-state index contributed by atoms with van der Waals surface area (Å²) in [6.45, 7) is 6.99. The molecule has 0 atom stereocenters. The van der Waals surface area contributed by atoms with Crippen LogP contribution in [-0.4, -0.2) is 30.7 Å². The molecule has 0 spiro atoms. The lowest BCUT2D eigenvalue weighted by molar-refractivity contribution is 0.102. The lowest BCUT2D eigenvalue weighted by atomic mass is 10.1. The number of hydrogen-bond donors (Lipinski definition) is 1. The Bertz CT molecular complexity index is 995. The molecular formula is C22H23BrN2O4S. The van der Waals surface area contributed by atoms with Gasteiger partial charge in [0.15, 0.2) is 16.6 Å². The summed E-state index contributed by atoms with van der Waals surface area (Å²) in [5.41, 5.74) is 2.18. The van der Waals surface area contributed by atoms with Crippen molar-refractivity contribution in [3.8, 4) is 28.5 Å². The van der Waals surface area contributed by atoms with E-state index in [9.17, 15) is 4.79 Å². The van der Waals surface area contributed by atoms with Gasteiger partial charge >= 0.3 is 0 Å². The number of nitrogens with zero attached hydrogens (tertiary/aromatic N) is 1. The zero-order valence-corrected chi connectivity index (χ0v) is 19.4. The molecule has 0 radical (unpaired) electrons. The molecule has 1 heterocycles. The van der Waals surface area contributed by atoms with Gasteiger partial charge in [-0.2, -0.15) is 0 Å². The van der Waals surface area contributed by atoms with E-state index in [0.717, 1.165) is 15.7 Å². The minimum absolute atomic E-state index is 0.296. The Morgan fingerprint density at radius 2 is 1.70 bits per heavy atom. The van der Waals surface area contributed by atoms with Gasteiger partial charge in [-0.15, -0.1) is 11.3 Å². The topological polar surface area (TPSA) is 69.7 Å². The summed E-state index contributed by atoms with van der Waals surface area (Å²) < 4.78 is 18.0. The van der Waals surface area contributed by atoms with Gasteiger partial charge in [0.05, 0.1) is 25.5 Å². The van der Waals surface area contributed by atoms with Gasteiger partial charge in [-0.3, -0.25) is 10.1 Å². The van der Waals surface area contributed by atoms with Crippen molar-refractivity contribution in [3.63, 3.8) is 0 Å². The molecule has 1 amide bonds. The van der Waals surface area contributed by atoms with Crippen LogP contribution >= 0.6 is 27.3 Å². The molecule has 0 unspecified atom stereocenters. The molecule has 0 bridgehead atoms. The molecule has 0 aliphatic heterocycles.